The monoisotopic (exact) mass is 283 g/mol. The molecular weight excluding hydrogens is 258 g/mol. The molecule has 1 amide bonds. The molecule has 0 aromatic rings. The average molecular weight is 283 g/mol. The van der Waals surface area contributed by atoms with E-state index in [1.54, 1.807) is 0 Å². The molecule has 1 heterocycles. The van der Waals surface area contributed by atoms with Crippen molar-refractivity contribution < 1.29 is 19.4 Å². The van der Waals surface area contributed by atoms with Gasteiger partial charge in [-0.3, -0.25) is 4.79 Å². The molecule has 1 fully saturated rings. The van der Waals surface area contributed by atoms with Crippen LogP contribution in [0.4, 0.5) is 0 Å². The molecule has 2 N–H and O–H groups in total. The molecule has 1 aliphatic heterocycles. The van der Waals surface area contributed by atoms with Crippen molar-refractivity contribution in [3.63, 3.8) is 0 Å². The van der Waals surface area contributed by atoms with Crippen molar-refractivity contribution in [2.45, 2.75) is 63.5 Å². The summed E-state index contributed by atoms with van der Waals surface area (Å²) in [6.07, 6.45) is 8.37. The van der Waals surface area contributed by atoms with E-state index in [9.17, 15) is 9.59 Å². The Balaban J connectivity index is 2.23. The van der Waals surface area contributed by atoms with Gasteiger partial charge < -0.3 is 15.2 Å². The van der Waals surface area contributed by atoms with Crippen molar-refractivity contribution in [2.75, 3.05) is 6.61 Å². The number of ether oxygens (including phenoxy) is 1. The van der Waals surface area contributed by atoms with Gasteiger partial charge >= 0.3 is 5.97 Å². The molecule has 20 heavy (non-hydrogen) atoms. The molecular formula is C15H25NO4. The molecule has 0 aliphatic carbocycles. The van der Waals surface area contributed by atoms with Crippen LogP contribution in [-0.4, -0.2) is 35.7 Å². The normalized spacial score (nSPS) is 19.5. The summed E-state index contributed by atoms with van der Waals surface area (Å²) in [5.41, 5.74) is 0. The van der Waals surface area contributed by atoms with E-state index in [2.05, 4.69) is 11.9 Å². The Morgan fingerprint density at radius 2 is 2.10 bits per heavy atom. The molecule has 0 saturated carbocycles. The van der Waals surface area contributed by atoms with E-state index < -0.39 is 18.1 Å². The van der Waals surface area contributed by atoms with E-state index in [-0.39, 0.29) is 5.91 Å². The van der Waals surface area contributed by atoms with Gasteiger partial charge in [-0.25, -0.2) is 4.79 Å². The molecule has 0 unspecified atom stereocenters. The molecule has 0 radical (unpaired) electrons. The lowest BCUT2D eigenvalue weighted by molar-refractivity contribution is -0.143. The fourth-order valence-corrected chi connectivity index (χ4v) is 2.30. The summed E-state index contributed by atoms with van der Waals surface area (Å²) >= 11 is 0. The van der Waals surface area contributed by atoms with Crippen LogP contribution in [0.15, 0.2) is 12.7 Å². The van der Waals surface area contributed by atoms with Gasteiger partial charge in [0.05, 0.1) is 0 Å². The molecule has 0 spiro atoms. The number of carboxylic acids is 1. The van der Waals surface area contributed by atoms with Crippen molar-refractivity contribution in [2.24, 2.45) is 0 Å². The largest absolute Gasteiger partial charge is 0.480 e. The molecule has 1 aliphatic rings. The number of aliphatic carboxylic acids is 1. The zero-order chi connectivity index (χ0) is 14.8. The Kier molecular flexibility index (Phi) is 7.95. The Hall–Kier alpha value is -1.36. The van der Waals surface area contributed by atoms with Crippen molar-refractivity contribution in [1.82, 2.24) is 5.32 Å². The van der Waals surface area contributed by atoms with Gasteiger partial charge in [-0.05, 0) is 32.1 Å². The predicted octanol–water partition coefficient (Wildman–Crippen LogP) is 2.26. The number of carbonyl (C=O) groups is 2. The number of carbonyl (C=O) groups excluding carboxylic acids is 1. The fraction of sp³-hybridized carbons (Fsp3) is 0.733. The standard InChI is InChI=1S/C15H25NO4/c1-2-3-4-5-6-7-9-12(15(18)19)16-14(17)13-10-8-11-20-13/h2,12-13H,1,3-11H2,(H,16,17)(H,18,19)/t12-,13+/m0/s1. The number of amides is 1. The highest BCUT2D eigenvalue weighted by Crippen LogP contribution is 2.13. The first-order valence-electron chi connectivity index (χ1n) is 7.41. The summed E-state index contributed by atoms with van der Waals surface area (Å²) in [6, 6.07) is -0.800. The number of hydrogen-bond donors (Lipinski definition) is 2. The van der Waals surface area contributed by atoms with Gasteiger partial charge in [-0.2, -0.15) is 0 Å². The number of rotatable bonds is 10. The molecule has 1 saturated heterocycles. The Labute approximate surface area is 120 Å². The summed E-state index contributed by atoms with van der Waals surface area (Å²) in [7, 11) is 0. The highest BCUT2D eigenvalue weighted by molar-refractivity contribution is 5.86. The number of carboxylic acid groups (broad SMARTS) is 1. The second-order valence-corrected chi connectivity index (χ2v) is 5.18. The minimum Gasteiger partial charge on any atom is -0.480 e. The van der Waals surface area contributed by atoms with Crippen LogP contribution in [0.2, 0.25) is 0 Å². The minimum absolute atomic E-state index is 0.290. The van der Waals surface area contributed by atoms with Crippen molar-refractivity contribution >= 4 is 11.9 Å². The van der Waals surface area contributed by atoms with Gasteiger partial charge in [0.15, 0.2) is 0 Å². The fourth-order valence-electron chi connectivity index (χ4n) is 2.30. The first kappa shape index (κ1) is 16.7. The van der Waals surface area contributed by atoms with E-state index >= 15 is 0 Å². The summed E-state index contributed by atoms with van der Waals surface area (Å²) in [4.78, 5) is 23.0. The molecule has 114 valence electrons. The molecule has 5 nitrogen and oxygen atoms in total. The van der Waals surface area contributed by atoms with Crippen LogP contribution in [0.25, 0.3) is 0 Å². The van der Waals surface area contributed by atoms with Crippen LogP contribution < -0.4 is 5.32 Å². The summed E-state index contributed by atoms with van der Waals surface area (Å²) in [5, 5.41) is 11.7. The number of unbranched alkanes of at least 4 members (excludes halogenated alkanes) is 4. The lowest BCUT2D eigenvalue weighted by Gasteiger charge is -2.17. The SMILES string of the molecule is C=CCCCCCC[C@H](NC(=O)[C@H]1CCCO1)C(=O)O. The Morgan fingerprint density at radius 3 is 2.70 bits per heavy atom. The van der Waals surface area contributed by atoms with Gasteiger partial charge in [0.25, 0.3) is 0 Å². The van der Waals surface area contributed by atoms with Crippen LogP contribution in [0.5, 0.6) is 0 Å². The second-order valence-electron chi connectivity index (χ2n) is 5.18. The first-order chi connectivity index (χ1) is 9.65. The number of nitrogens with one attached hydrogen (secondary N) is 1. The summed E-state index contributed by atoms with van der Waals surface area (Å²) in [6.45, 7) is 4.25. The van der Waals surface area contributed by atoms with Crippen LogP contribution >= 0.6 is 0 Å². The van der Waals surface area contributed by atoms with E-state index in [4.69, 9.17) is 9.84 Å². The zero-order valence-electron chi connectivity index (χ0n) is 12.0. The molecule has 5 heteroatoms. The topological polar surface area (TPSA) is 75.6 Å². The van der Waals surface area contributed by atoms with Gasteiger partial charge in [0.2, 0.25) is 5.91 Å². The first-order valence-corrected chi connectivity index (χ1v) is 7.41. The maximum absolute atomic E-state index is 11.8. The van der Waals surface area contributed by atoms with E-state index in [0.29, 0.717) is 19.4 Å². The van der Waals surface area contributed by atoms with E-state index in [0.717, 1.165) is 38.5 Å². The van der Waals surface area contributed by atoms with Crippen molar-refractivity contribution in [3.05, 3.63) is 12.7 Å². The molecule has 2 atom stereocenters. The predicted molar refractivity (Wildman–Crippen MR) is 76.4 cm³/mol. The third-order valence-electron chi connectivity index (χ3n) is 3.49. The Morgan fingerprint density at radius 1 is 1.35 bits per heavy atom. The highest BCUT2D eigenvalue weighted by atomic mass is 16.5. The van der Waals surface area contributed by atoms with Crippen molar-refractivity contribution in [3.8, 4) is 0 Å². The second kappa shape index (κ2) is 9.53. The van der Waals surface area contributed by atoms with E-state index in [1.807, 2.05) is 6.08 Å². The average Bonchev–Trinajstić information content (AvgIpc) is 2.95. The molecule has 0 aromatic carbocycles. The maximum Gasteiger partial charge on any atom is 0.326 e. The zero-order valence-corrected chi connectivity index (χ0v) is 12.0. The number of allylic oxidation sites excluding steroid dienone is 1. The lowest BCUT2D eigenvalue weighted by Crippen LogP contribution is -2.45. The summed E-state index contributed by atoms with van der Waals surface area (Å²) in [5.74, 6) is -1.26. The summed E-state index contributed by atoms with van der Waals surface area (Å²) < 4.78 is 5.25. The highest BCUT2D eigenvalue weighted by Gasteiger charge is 2.27. The van der Waals surface area contributed by atoms with Gasteiger partial charge in [0.1, 0.15) is 12.1 Å². The van der Waals surface area contributed by atoms with E-state index in [1.165, 1.54) is 0 Å². The maximum atomic E-state index is 11.8. The smallest absolute Gasteiger partial charge is 0.326 e. The lowest BCUT2D eigenvalue weighted by atomic mass is 10.1. The molecule has 0 bridgehead atoms. The molecule has 0 aromatic heterocycles. The van der Waals surface area contributed by atoms with Crippen LogP contribution in [-0.2, 0) is 14.3 Å². The van der Waals surface area contributed by atoms with Crippen LogP contribution in [0, 0.1) is 0 Å². The van der Waals surface area contributed by atoms with Gasteiger partial charge in [-0.1, -0.05) is 25.3 Å². The Bertz CT molecular complexity index is 324. The minimum atomic E-state index is -0.970. The van der Waals surface area contributed by atoms with Gasteiger partial charge in [0, 0.05) is 6.61 Å². The van der Waals surface area contributed by atoms with Crippen LogP contribution in [0.1, 0.15) is 51.4 Å². The quantitative estimate of drug-likeness (QED) is 0.476. The van der Waals surface area contributed by atoms with Crippen LogP contribution in [0.3, 0.4) is 0 Å². The third kappa shape index (κ3) is 6.19. The molecule has 1 rings (SSSR count). The van der Waals surface area contributed by atoms with Gasteiger partial charge in [-0.15, -0.1) is 6.58 Å². The number of hydrogen-bond acceptors (Lipinski definition) is 3. The third-order valence-corrected chi connectivity index (χ3v) is 3.49. The van der Waals surface area contributed by atoms with Crippen molar-refractivity contribution in [1.29, 1.82) is 0 Å².